The van der Waals surface area contributed by atoms with Gasteiger partial charge in [-0.3, -0.25) is 4.79 Å². The van der Waals surface area contributed by atoms with Gasteiger partial charge in [-0.15, -0.1) is 0 Å². The third-order valence-electron chi connectivity index (χ3n) is 3.43. The monoisotopic (exact) mass is 370 g/mol. The minimum atomic E-state index is 0.249. The lowest BCUT2D eigenvalue weighted by Crippen LogP contribution is -2.22. The number of ketones is 1. The van der Waals surface area contributed by atoms with Crippen molar-refractivity contribution in [3.63, 3.8) is 0 Å². The van der Waals surface area contributed by atoms with Gasteiger partial charge in [-0.2, -0.15) is 0 Å². The fourth-order valence-corrected chi connectivity index (χ4v) is 3.25. The van der Waals surface area contributed by atoms with Gasteiger partial charge in [-0.1, -0.05) is 18.2 Å². The van der Waals surface area contributed by atoms with E-state index in [1.54, 1.807) is 6.92 Å². The van der Waals surface area contributed by atoms with E-state index >= 15 is 0 Å². The van der Waals surface area contributed by atoms with Crippen LogP contribution in [0.5, 0.6) is 0 Å². The molecule has 4 heteroatoms. The summed E-state index contributed by atoms with van der Waals surface area (Å²) in [5.74, 6) is 0.249. The smallest absolute Gasteiger partial charge is 0.131 e. The summed E-state index contributed by atoms with van der Waals surface area (Å²) in [4.78, 5) is 13.2. The summed E-state index contributed by atoms with van der Waals surface area (Å²) in [6.07, 6.45) is 0.622. The molecule has 0 N–H and O–H groups in total. The van der Waals surface area contributed by atoms with Crippen molar-refractivity contribution in [2.45, 2.75) is 19.9 Å². The Hall–Kier alpha value is -0.880. The Balaban J connectivity index is 2.23. The summed E-state index contributed by atoms with van der Waals surface area (Å²) in [5, 5.41) is 1.31. The number of benzene rings is 1. The highest BCUT2D eigenvalue weighted by Gasteiger charge is 2.14. The molecule has 1 aromatic carbocycles. The van der Waals surface area contributed by atoms with Gasteiger partial charge in [0.25, 0.3) is 0 Å². The molecule has 0 aliphatic rings. The first kappa shape index (κ1) is 14.5. The van der Waals surface area contributed by atoms with Gasteiger partial charge in [0.05, 0.1) is 0 Å². The highest BCUT2D eigenvalue weighted by atomic mass is 127. The standard InChI is InChI=1S/C15H19IN2O/c1-11(19)8-9-17(2)10-14-15(16)12-6-4-5-7-13(12)18(14)3/h4-7H,8-10H2,1-3H3. The second-order valence-electron chi connectivity index (χ2n) is 5.03. The van der Waals surface area contributed by atoms with Crippen molar-refractivity contribution in [3.8, 4) is 0 Å². The molecule has 0 saturated heterocycles. The SMILES string of the molecule is CC(=O)CCN(C)Cc1c(I)c2ccccc2n1C. The minimum absolute atomic E-state index is 0.249. The van der Waals surface area contributed by atoms with E-state index < -0.39 is 0 Å². The number of fused-ring (bicyclic) bond motifs is 1. The van der Waals surface area contributed by atoms with Gasteiger partial charge in [0, 0.05) is 46.7 Å². The molecule has 0 unspecified atom stereocenters. The molecular weight excluding hydrogens is 351 g/mol. The van der Waals surface area contributed by atoms with Crippen LogP contribution in [0.25, 0.3) is 10.9 Å². The van der Waals surface area contributed by atoms with E-state index in [2.05, 4.69) is 70.4 Å². The maximum absolute atomic E-state index is 11.0. The largest absolute Gasteiger partial charge is 0.346 e. The van der Waals surface area contributed by atoms with Crippen LogP contribution < -0.4 is 0 Å². The van der Waals surface area contributed by atoms with Crippen molar-refractivity contribution in [3.05, 3.63) is 33.5 Å². The molecule has 0 aliphatic heterocycles. The van der Waals surface area contributed by atoms with E-state index in [0.717, 1.165) is 13.1 Å². The number of halogens is 1. The number of rotatable bonds is 5. The maximum Gasteiger partial charge on any atom is 0.131 e. The Morgan fingerprint density at radius 3 is 2.68 bits per heavy atom. The van der Waals surface area contributed by atoms with Crippen LogP contribution in [-0.2, 0) is 18.4 Å². The summed E-state index contributed by atoms with van der Waals surface area (Å²) in [5.41, 5.74) is 2.58. The number of Topliss-reactive ketones (excluding diaryl/α,β-unsaturated/α-hetero) is 1. The molecule has 0 atom stereocenters. The Morgan fingerprint density at radius 2 is 2.05 bits per heavy atom. The number of hydrogen-bond donors (Lipinski definition) is 0. The van der Waals surface area contributed by atoms with Crippen LogP contribution in [-0.4, -0.2) is 28.8 Å². The van der Waals surface area contributed by atoms with E-state index in [9.17, 15) is 4.79 Å². The lowest BCUT2D eigenvalue weighted by atomic mass is 10.2. The molecule has 2 rings (SSSR count). The second-order valence-corrected chi connectivity index (χ2v) is 6.11. The number of hydrogen-bond acceptors (Lipinski definition) is 2. The maximum atomic E-state index is 11.0. The molecule has 102 valence electrons. The first-order valence-electron chi connectivity index (χ1n) is 6.40. The number of carbonyl (C=O) groups is 1. The third-order valence-corrected chi connectivity index (χ3v) is 4.63. The summed E-state index contributed by atoms with van der Waals surface area (Å²) < 4.78 is 3.56. The van der Waals surface area contributed by atoms with Gasteiger partial charge >= 0.3 is 0 Å². The van der Waals surface area contributed by atoms with Gasteiger partial charge in [0.1, 0.15) is 5.78 Å². The molecular formula is C15H19IN2O. The summed E-state index contributed by atoms with van der Waals surface area (Å²) in [6, 6.07) is 8.46. The average molecular weight is 370 g/mol. The van der Waals surface area contributed by atoms with E-state index in [1.807, 2.05) is 0 Å². The van der Waals surface area contributed by atoms with Crippen LogP contribution in [0.3, 0.4) is 0 Å². The zero-order valence-electron chi connectivity index (χ0n) is 11.6. The predicted molar refractivity (Wildman–Crippen MR) is 87.3 cm³/mol. The number of aryl methyl sites for hydroxylation is 1. The van der Waals surface area contributed by atoms with Gasteiger partial charge < -0.3 is 9.47 Å². The molecule has 0 fully saturated rings. The molecule has 0 spiro atoms. The lowest BCUT2D eigenvalue weighted by Gasteiger charge is -2.17. The number of para-hydroxylation sites is 1. The van der Waals surface area contributed by atoms with Crippen LogP contribution >= 0.6 is 22.6 Å². The molecule has 19 heavy (non-hydrogen) atoms. The highest BCUT2D eigenvalue weighted by Crippen LogP contribution is 2.27. The Morgan fingerprint density at radius 1 is 1.37 bits per heavy atom. The normalized spacial score (nSPS) is 11.4. The summed E-state index contributed by atoms with van der Waals surface area (Å²) >= 11 is 2.42. The van der Waals surface area contributed by atoms with Crippen molar-refractivity contribution in [1.82, 2.24) is 9.47 Å². The summed E-state index contributed by atoms with van der Waals surface area (Å²) in [6.45, 7) is 3.33. The number of carbonyl (C=O) groups excluding carboxylic acids is 1. The van der Waals surface area contributed by atoms with Crippen molar-refractivity contribution >= 4 is 39.3 Å². The van der Waals surface area contributed by atoms with Crippen molar-refractivity contribution in [2.24, 2.45) is 7.05 Å². The Labute approximate surface area is 127 Å². The zero-order valence-corrected chi connectivity index (χ0v) is 13.8. The van der Waals surface area contributed by atoms with Crippen molar-refractivity contribution in [1.29, 1.82) is 0 Å². The fraction of sp³-hybridized carbons (Fsp3) is 0.400. The molecule has 0 saturated carbocycles. The first-order valence-corrected chi connectivity index (χ1v) is 7.48. The second kappa shape index (κ2) is 6.05. The average Bonchev–Trinajstić information content (AvgIpc) is 2.62. The van der Waals surface area contributed by atoms with E-state index in [0.29, 0.717) is 6.42 Å². The molecule has 0 aliphatic carbocycles. The van der Waals surface area contributed by atoms with Crippen LogP contribution in [0.4, 0.5) is 0 Å². The Kier molecular flexibility index (Phi) is 4.62. The quantitative estimate of drug-likeness (QED) is 0.756. The molecule has 0 bridgehead atoms. The van der Waals surface area contributed by atoms with Crippen molar-refractivity contribution in [2.75, 3.05) is 13.6 Å². The van der Waals surface area contributed by atoms with Crippen molar-refractivity contribution < 1.29 is 4.79 Å². The number of aromatic nitrogens is 1. The van der Waals surface area contributed by atoms with Gasteiger partial charge in [-0.25, -0.2) is 0 Å². The van der Waals surface area contributed by atoms with Crippen LogP contribution in [0.2, 0.25) is 0 Å². The molecule has 0 radical (unpaired) electrons. The van der Waals surface area contributed by atoms with Gasteiger partial charge in [0.15, 0.2) is 0 Å². The van der Waals surface area contributed by atoms with E-state index in [-0.39, 0.29) is 5.78 Å². The van der Waals surface area contributed by atoms with Gasteiger partial charge in [0.2, 0.25) is 0 Å². The molecule has 2 aromatic rings. The number of nitrogens with zero attached hydrogens (tertiary/aromatic N) is 2. The highest BCUT2D eigenvalue weighted by molar-refractivity contribution is 14.1. The van der Waals surface area contributed by atoms with Crippen LogP contribution in [0.1, 0.15) is 19.0 Å². The Bertz CT molecular complexity index is 564. The van der Waals surface area contributed by atoms with E-state index in [1.165, 1.54) is 20.2 Å². The third kappa shape index (κ3) is 3.17. The van der Waals surface area contributed by atoms with Crippen LogP contribution in [0.15, 0.2) is 24.3 Å². The van der Waals surface area contributed by atoms with Crippen LogP contribution in [0, 0.1) is 3.57 Å². The minimum Gasteiger partial charge on any atom is -0.346 e. The zero-order chi connectivity index (χ0) is 14.0. The molecule has 1 aromatic heterocycles. The first-order chi connectivity index (χ1) is 9.00. The summed E-state index contributed by atoms with van der Waals surface area (Å²) in [7, 11) is 4.18. The molecule has 1 heterocycles. The van der Waals surface area contributed by atoms with E-state index in [4.69, 9.17) is 0 Å². The van der Waals surface area contributed by atoms with Gasteiger partial charge in [-0.05, 0) is 42.6 Å². The molecule has 3 nitrogen and oxygen atoms in total. The fourth-order valence-electron chi connectivity index (χ4n) is 2.26. The lowest BCUT2D eigenvalue weighted by molar-refractivity contribution is -0.117. The topological polar surface area (TPSA) is 25.2 Å². The predicted octanol–water partition coefficient (Wildman–Crippen LogP) is 3.19. The molecule has 0 amide bonds.